The van der Waals surface area contributed by atoms with E-state index in [-0.39, 0.29) is 17.2 Å². The lowest BCUT2D eigenvalue weighted by molar-refractivity contribution is -0.129. The van der Waals surface area contributed by atoms with Crippen LogP contribution in [0.4, 0.5) is 0 Å². The summed E-state index contributed by atoms with van der Waals surface area (Å²) in [5.41, 5.74) is 2.66. The Morgan fingerprint density at radius 2 is 1.64 bits per heavy atom. The summed E-state index contributed by atoms with van der Waals surface area (Å²) in [7, 11) is 0. The van der Waals surface area contributed by atoms with E-state index in [2.05, 4.69) is 26.0 Å². The van der Waals surface area contributed by atoms with Crippen LogP contribution in [0.2, 0.25) is 0 Å². The molecule has 8 heteroatoms. The molecular formula is C28H16BrN3O4. The van der Waals surface area contributed by atoms with E-state index in [0.717, 1.165) is 15.5 Å². The fraction of sp³-hybridized carbons (Fsp3) is 0. The highest BCUT2D eigenvalue weighted by Gasteiger charge is 2.25. The van der Waals surface area contributed by atoms with Crippen LogP contribution in [0, 0.1) is 0 Å². The summed E-state index contributed by atoms with van der Waals surface area (Å²) < 4.78 is 13.5. The van der Waals surface area contributed by atoms with Gasteiger partial charge in [-0.05, 0) is 54.6 Å². The number of aliphatic imine (C=N–C) groups is 1. The Labute approximate surface area is 213 Å². The van der Waals surface area contributed by atoms with Gasteiger partial charge in [0.2, 0.25) is 5.90 Å². The molecular weight excluding hydrogens is 522 g/mol. The molecule has 36 heavy (non-hydrogen) atoms. The first kappa shape index (κ1) is 21.9. The number of fused-ring (bicyclic) bond motifs is 1. The first-order chi connectivity index (χ1) is 17.5. The van der Waals surface area contributed by atoms with Gasteiger partial charge in [0.05, 0.1) is 11.3 Å². The number of ether oxygens (including phenoxy) is 1. The quantitative estimate of drug-likeness (QED) is 0.165. The van der Waals surface area contributed by atoms with Gasteiger partial charge in [0.15, 0.2) is 5.70 Å². The van der Waals surface area contributed by atoms with E-state index in [1.807, 2.05) is 66.7 Å². The first-order valence-electron chi connectivity index (χ1n) is 11.0. The second kappa shape index (κ2) is 8.90. The molecule has 3 heterocycles. The molecule has 0 fully saturated rings. The number of carbonyl (C=O) groups is 1. The topological polar surface area (TPSA) is 86.7 Å². The largest absolute Gasteiger partial charge is 0.422 e. The minimum atomic E-state index is -0.582. The SMILES string of the molecule is O=C1OC(c2ccccc2)=N/C1=C\c1cn(-c2ccccc2)nc1-c1cc2cc(Br)ccc2oc1=O. The van der Waals surface area contributed by atoms with E-state index in [4.69, 9.17) is 9.15 Å². The van der Waals surface area contributed by atoms with E-state index in [1.54, 1.807) is 35.2 Å². The molecule has 6 rings (SSSR count). The van der Waals surface area contributed by atoms with Crippen molar-refractivity contribution < 1.29 is 13.9 Å². The molecule has 0 atom stereocenters. The molecule has 0 N–H and O–H groups in total. The number of aromatic nitrogens is 2. The van der Waals surface area contributed by atoms with E-state index >= 15 is 0 Å². The lowest BCUT2D eigenvalue weighted by atomic mass is 10.1. The molecule has 0 amide bonds. The van der Waals surface area contributed by atoms with Crippen LogP contribution < -0.4 is 5.63 Å². The normalized spacial score (nSPS) is 14.3. The van der Waals surface area contributed by atoms with Crippen molar-refractivity contribution in [3.05, 3.63) is 123 Å². The average molecular weight is 538 g/mol. The van der Waals surface area contributed by atoms with Crippen molar-refractivity contribution in [2.45, 2.75) is 0 Å². The van der Waals surface area contributed by atoms with Crippen molar-refractivity contribution in [1.82, 2.24) is 9.78 Å². The molecule has 0 aliphatic carbocycles. The highest BCUT2D eigenvalue weighted by Crippen LogP contribution is 2.29. The molecule has 0 spiro atoms. The molecule has 1 aliphatic rings. The molecule has 1 aliphatic heterocycles. The lowest BCUT2D eigenvalue weighted by Gasteiger charge is -2.02. The molecule has 0 saturated carbocycles. The summed E-state index contributed by atoms with van der Waals surface area (Å²) in [4.78, 5) is 30.0. The second-order valence-corrected chi connectivity index (χ2v) is 8.96. The Morgan fingerprint density at radius 1 is 0.889 bits per heavy atom. The van der Waals surface area contributed by atoms with Gasteiger partial charge in [-0.2, -0.15) is 5.10 Å². The van der Waals surface area contributed by atoms with Crippen LogP contribution in [0.5, 0.6) is 0 Å². The molecule has 5 aromatic rings. The van der Waals surface area contributed by atoms with Crippen molar-refractivity contribution in [3.63, 3.8) is 0 Å². The minimum absolute atomic E-state index is 0.107. The van der Waals surface area contributed by atoms with Crippen LogP contribution in [0.1, 0.15) is 11.1 Å². The number of halogens is 1. The van der Waals surface area contributed by atoms with Crippen LogP contribution in [0.15, 0.2) is 115 Å². The van der Waals surface area contributed by atoms with Gasteiger partial charge in [0.1, 0.15) is 11.3 Å². The molecule has 0 saturated heterocycles. The van der Waals surface area contributed by atoms with Crippen molar-refractivity contribution in [2.75, 3.05) is 0 Å². The molecule has 2 aromatic heterocycles. The number of hydrogen-bond acceptors (Lipinski definition) is 6. The lowest BCUT2D eigenvalue weighted by Crippen LogP contribution is -2.05. The average Bonchev–Trinajstić information content (AvgIpc) is 3.49. The van der Waals surface area contributed by atoms with Gasteiger partial charge in [-0.1, -0.05) is 52.3 Å². The maximum atomic E-state index is 13.0. The number of hydrogen-bond donors (Lipinski definition) is 0. The van der Waals surface area contributed by atoms with Crippen LogP contribution in [-0.2, 0) is 9.53 Å². The molecule has 0 radical (unpaired) electrons. The Balaban J connectivity index is 1.53. The van der Waals surface area contributed by atoms with Crippen LogP contribution in [-0.4, -0.2) is 21.6 Å². The fourth-order valence-corrected chi connectivity index (χ4v) is 4.31. The molecule has 7 nitrogen and oxygen atoms in total. The van der Waals surface area contributed by atoms with E-state index in [1.165, 1.54) is 0 Å². The van der Waals surface area contributed by atoms with Gasteiger partial charge in [0.25, 0.3) is 0 Å². The predicted molar refractivity (Wildman–Crippen MR) is 140 cm³/mol. The number of nitrogens with zero attached hydrogens (tertiary/aromatic N) is 3. The van der Waals surface area contributed by atoms with Crippen LogP contribution >= 0.6 is 15.9 Å². The maximum absolute atomic E-state index is 13.0. The zero-order valence-corrected chi connectivity index (χ0v) is 20.2. The maximum Gasteiger partial charge on any atom is 0.363 e. The van der Waals surface area contributed by atoms with Crippen molar-refractivity contribution >= 4 is 44.8 Å². The molecule has 174 valence electrons. The minimum Gasteiger partial charge on any atom is -0.422 e. The third-order valence-electron chi connectivity index (χ3n) is 5.65. The zero-order valence-electron chi connectivity index (χ0n) is 18.6. The monoisotopic (exact) mass is 537 g/mol. The summed E-state index contributed by atoms with van der Waals surface area (Å²) >= 11 is 3.46. The van der Waals surface area contributed by atoms with E-state index in [0.29, 0.717) is 22.4 Å². The summed E-state index contributed by atoms with van der Waals surface area (Å²) in [6.07, 6.45) is 3.32. The number of benzene rings is 3. The fourth-order valence-electron chi connectivity index (χ4n) is 3.94. The molecule has 0 bridgehead atoms. The van der Waals surface area contributed by atoms with Crippen molar-refractivity contribution in [1.29, 1.82) is 0 Å². The first-order valence-corrected chi connectivity index (χ1v) is 11.8. The van der Waals surface area contributed by atoms with Gasteiger partial charge in [-0.15, -0.1) is 0 Å². The number of carbonyl (C=O) groups excluding carboxylic acids is 1. The standard InChI is InChI=1S/C28H16BrN3O4/c29-20-11-12-24-18(13-20)14-22(27(33)35-24)25-19(16-32(31-25)21-9-5-2-6-10-21)15-23-28(34)36-26(30-23)17-7-3-1-4-8-17/h1-16H/b23-15-. The van der Waals surface area contributed by atoms with Gasteiger partial charge >= 0.3 is 11.6 Å². The van der Waals surface area contributed by atoms with Gasteiger partial charge in [0, 0.05) is 27.2 Å². The van der Waals surface area contributed by atoms with Crippen LogP contribution in [0.25, 0.3) is 34.0 Å². The number of esters is 1. The Bertz CT molecular complexity index is 1750. The smallest absolute Gasteiger partial charge is 0.363 e. The van der Waals surface area contributed by atoms with Gasteiger partial charge in [-0.25, -0.2) is 19.3 Å². The summed E-state index contributed by atoms with van der Waals surface area (Å²) in [6.45, 7) is 0. The van der Waals surface area contributed by atoms with E-state index < -0.39 is 11.6 Å². The highest BCUT2D eigenvalue weighted by atomic mass is 79.9. The summed E-state index contributed by atoms with van der Waals surface area (Å²) in [6, 6.07) is 25.8. The second-order valence-electron chi connectivity index (χ2n) is 8.04. The summed E-state index contributed by atoms with van der Waals surface area (Å²) in [5, 5.41) is 5.42. The number of cyclic esters (lactones) is 1. The third-order valence-corrected chi connectivity index (χ3v) is 6.14. The van der Waals surface area contributed by atoms with Gasteiger partial charge < -0.3 is 9.15 Å². The van der Waals surface area contributed by atoms with Gasteiger partial charge in [-0.3, -0.25) is 0 Å². The number of rotatable bonds is 4. The highest BCUT2D eigenvalue weighted by molar-refractivity contribution is 9.10. The van der Waals surface area contributed by atoms with E-state index in [9.17, 15) is 9.59 Å². The Morgan fingerprint density at radius 3 is 2.42 bits per heavy atom. The Hall–Kier alpha value is -4.56. The number of para-hydroxylation sites is 1. The predicted octanol–water partition coefficient (Wildman–Crippen LogP) is 5.75. The van der Waals surface area contributed by atoms with Crippen molar-refractivity contribution in [3.8, 4) is 16.9 Å². The zero-order chi connectivity index (χ0) is 24.6. The molecule has 3 aromatic carbocycles. The third kappa shape index (κ3) is 4.08. The molecule has 0 unspecified atom stereocenters. The van der Waals surface area contributed by atoms with Crippen LogP contribution in [0.3, 0.4) is 0 Å². The van der Waals surface area contributed by atoms with Crippen molar-refractivity contribution in [2.24, 2.45) is 4.99 Å². The Kier molecular flexibility index (Phi) is 5.42. The summed E-state index contributed by atoms with van der Waals surface area (Å²) in [5.74, 6) is -0.360.